The number of aliphatic hydroxyl groups is 6. The second-order valence-corrected chi connectivity index (χ2v) is 18.7. The minimum atomic E-state index is -1.49. The minimum Gasteiger partial charge on any atom is -0.462 e. The van der Waals surface area contributed by atoms with Crippen molar-refractivity contribution in [3.63, 3.8) is 0 Å². The maximum atomic E-state index is 13.7. The normalized spacial score (nSPS) is 46.5. The number of hydrogen-bond acceptors (Lipinski definition) is 17. The third-order valence-corrected chi connectivity index (χ3v) is 13.3. The van der Waals surface area contributed by atoms with Crippen LogP contribution < -0.4 is 4.90 Å². The summed E-state index contributed by atoms with van der Waals surface area (Å²) in [4.78, 5) is 40.5. The van der Waals surface area contributed by atoms with E-state index >= 15 is 0 Å². The predicted octanol–water partition coefficient (Wildman–Crippen LogP) is -0.238. The van der Waals surface area contributed by atoms with E-state index in [9.17, 15) is 45.0 Å². The first-order valence-corrected chi connectivity index (χ1v) is 22.4. The van der Waals surface area contributed by atoms with Crippen LogP contribution in [0.5, 0.6) is 0 Å². The number of rotatable bonds is 12. The second kappa shape index (κ2) is 23.5. The molecule has 4 aliphatic rings. The van der Waals surface area contributed by atoms with Gasteiger partial charge in [0.05, 0.1) is 63.2 Å². The van der Waals surface area contributed by atoms with Crippen molar-refractivity contribution in [2.75, 3.05) is 27.8 Å². The molecule has 0 aliphatic carbocycles. The zero-order valence-electron chi connectivity index (χ0n) is 38.8. The first kappa shape index (κ1) is 53.3. The highest BCUT2D eigenvalue weighted by Gasteiger charge is 2.53. The summed E-state index contributed by atoms with van der Waals surface area (Å²) >= 11 is 0. The van der Waals surface area contributed by atoms with E-state index in [4.69, 9.17) is 37.9 Å². The molecule has 0 amide bonds. The smallest absolute Gasteiger partial charge is 0.308 e. The van der Waals surface area contributed by atoms with Gasteiger partial charge in [-0.2, -0.15) is 0 Å². The summed E-state index contributed by atoms with van der Waals surface area (Å²) in [5, 5.41) is 66.1. The van der Waals surface area contributed by atoms with Crippen molar-refractivity contribution in [2.24, 2.45) is 23.7 Å². The van der Waals surface area contributed by atoms with Crippen LogP contribution >= 0.6 is 0 Å². The van der Waals surface area contributed by atoms with Gasteiger partial charge >= 0.3 is 5.97 Å². The van der Waals surface area contributed by atoms with Crippen molar-refractivity contribution in [1.29, 1.82) is 0 Å². The van der Waals surface area contributed by atoms with Gasteiger partial charge in [0.25, 0.3) is 0 Å². The van der Waals surface area contributed by atoms with E-state index in [2.05, 4.69) is 0 Å². The van der Waals surface area contributed by atoms with E-state index in [-0.39, 0.29) is 31.7 Å². The lowest BCUT2D eigenvalue weighted by Gasteiger charge is -2.48. The van der Waals surface area contributed by atoms with Gasteiger partial charge in [-0.15, -0.1) is 0 Å². The number of aliphatic hydroxyl groups excluding tert-OH is 5. The molecule has 3 fully saturated rings. The molecule has 0 unspecified atom stereocenters. The molecule has 21 atom stereocenters. The van der Waals surface area contributed by atoms with Gasteiger partial charge in [0, 0.05) is 37.7 Å². The molecule has 18 nitrogen and oxygen atoms in total. The summed E-state index contributed by atoms with van der Waals surface area (Å²) in [6.07, 6.45) is -9.82. The Labute approximate surface area is 371 Å². The number of quaternary nitrogens is 1. The Kier molecular flexibility index (Phi) is 19.9. The lowest BCUT2D eigenvalue weighted by Crippen LogP contribution is -3.14. The number of cyclic esters (lactones) is 1. The Morgan fingerprint density at radius 3 is 2.14 bits per heavy atom. The number of carbonyl (C=O) groups excluding carboxylic acids is 3. The third-order valence-electron chi connectivity index (χ3n) is 13.3. The lowest BCUT2D eigenvalue weighted by atomic mass is 9.79. The average molecular weight is 903 g/mol. The molecule has 4 heterocycles. The molecule has 63 heavy (non-hydrogen) atoms. The molecular weight excluding hydrogens is 826 g/mol. The maximum Gasteiger partial charge on any atom is 0.308 e. The largest absolute Gasteiger partial charge is 0.462 e. The summed E-state index contributed by atoms with van der Waals surface area (Å²) in [5.74, 6) is -3.67. The van der Waals surface area contributed by atoms with E-state index < -0.39 is 140 Å². The van der Waals surface area contributed by atoms with Crippen molar-refractivity contribution in [3.8, 4) is 0 Å². The van der Waals surface area contributed by atoms with Gasteiger partial charge in [-0.3, -0.25) is 9.59 Å². The van der Waals surface area contributed by atoms with Crippen molar-refractivity contribution >= 4 is 18.0 Å². The maximum absolute atomic E-state index is 13.7. The fourth-order valence-corrected chi connectivity index (χ4v) is 9.35. The molecule has 0 saturated carbocycles. The van der Waals surface area contributed by atoms with Crippen molar-refractivity contribution in [3.05, 3.63) is 23.8 Å². The molecule has 18 heteroatoms. The number of esters is 1. The van der Waals surface area contributed by atoms with Gasteiger partial charge in [-0.05, 0) is 59.5 Å². The molecule has 362 valence electrons. The zero-order chi connectivity index (χ0) is 47.1. The molecular formula is C45H76NO17+. The topological polar surface area (TPSA) is 251 Å². The standard InChI is InChI=1S/C45H75NO17/c1-12-32-29(21-57-44-41(56-11)38(53)36(51)25(5)59-44)17-22(2)13-14-30(48)23(3)18-28(15-16-47)39(24(4)31(49)19-33(50)61-32)63-43-37(52)35(46(9)10)40(26(6)60-43)62-34-20-45(8,55)42(54)27(7)58-34/h13-14,16-17,23-29,31-32,34-44,49,51-55H,12,15,18-21H2,1-11H3/p+1/b14-13+,22-17+/t23-,24+,25-,26-,27+,28+,29-,31-,32-,34+,35-,36-,37-,38-,39-,40-,41-,42+,43+,44-,45-/m1/s1. The first-order chi connectivity index (χ1) is 29.5. The number of hydrogen-bond donors (Lipinski definition) is 7. The quantitative estimate of drug-likeness (QED) is 0.0987. The Morgan fingerprint density at radius 2 is 1.54 bits per heavy atom. The highest BCUT2D eigenvalue weighted by Crippen LogP contribution is 2.36. The molecule has 0 aromatic heterocycles. The van der Waals surface area contributed by atoms with Crippen LogP contribution in [0.2, 0.25) is 0 Å². The number of aldehydes is 1. The van der Waals surface area contributed by atoms with Gasteiger partial charge in [-0.1, -0.05) is 38.5 Å². The lowest BCUT2D eigenvalue weighted by molar-refractivity contribution is -0.898. The fourth-order valence-electron chi connectivity index (χ4n) is 9.35. The molecule has 0 spiro atoms. The molecule has 0 radical (unpaired) electrons. The van der Waals surface area contributed by atoms with Crippen LogP contribution in [-0.2, 0) is 52.3 Å². The molecule has 0 aromatic rings. The SMILES string of the molecule is CC[C@H]1OC(=O)C[C@@H](O)[C@H](C)[C@@H](O[C@@H]2O[C@H](C)[C@@H](O[C@H]3C[C@@](C)(O)[C@@H](O)[C@H](C)O3)[C@H]([NH+](C)C)[C@H]2O)[C@@H](CC=O)C[C@@H](C)C(=O)/C=C/C(C)=C/[C@@H]1CO[C@@H]1O[C@H](C)[C@@H](O)[C@@H](O)[C@H]1OC. The molecule has 0 aromatic carbocycles. The van der Waals surface area contributed by atoms with Crippen LogP contribution in [0, 0.1) is 23.7 Å². The van der Waals surface area contributed by atoms with E-state index in [1.807, 2.05) is 27.1 Å². The average Bonchev–Trinajstić information content (AvgIpc) is 3.21. The second-order valence-electron chi connectivity index (χ2n) is 18.7. The summed E-state index contributed by atoms with van der Waals surface area (Å²) < 4.78 is 48.6. The first-order valence-electron chi connectivity index (χ1n) is 22.4. The van der Waals surface area contributed by atoms with Crippen molar-refractivity contribution < 1.29 is 87.8 Å². The van der Waals surface area contributed by atoms with Crippen LogP contribution in [0.3, 0.4) is 0 Å². The van der Waals surface area contributed by atoms with Gasteiger partial charge in [0.2, 0.25) is 0 Å². The summed E-state index contributed by atoms with van der Waals surface area (Å²) in [5.41, 5.74) is -0.828. The predicted molar refractivity (Wildman–Crippen MR) is 225 cm³/mol. The van der Waals surface area contributed by atoms with E-state index in [1.165, 1.54) is 20.1 Å². The zero-order valence-corrected chi connectivity index (χ0v) is 38.8. The number of allylic oxidation sites excluding steroid dienone is 3. The number of carbonyl (C=O) groups is 3. The van der Waals surface area contributed by atoms with Crippen LogP contribution in [0.25, 0.3) is 0 Å². The number of nitrogens with one attached hydrogen (secondary N) is 1. The molecule has 7 N–H and O–H groups in total. The Morgan fingerprint density at radius 1 is 0.873 bits per heavy atom. The summed E-state index contributed by atoms with van der Waals surface area (Å²) in [7, 11) is 5.02. The number of ketones is 1. The van der Waals surface area contributed by atoms with Gasteiger partial charge in [-0.25, -0.2) is 0 Å². The summed E-state index contributed by atoms with van der Waals surface area (Å²) in [6, 6.07) is -0.671. The van der Waals surface area contributed by atoms with Crippen LogP contribution in [0.4, 0.5) is 0 Å². The Hall–Kier alpha value is -2.27. The molecule has 3 saturated heterocycles. The monoisotopic (exact) mass is 903 g/mol. The van der Waals surface area contributed by atoms with E-state index in [1.54, 1.807) is 47.6 Å². The molecule has 4 rings (SSSR count). The highest BCUT2D eigenvalue weighted by atomic mass is 16.7. The summed E-state index contributed by atoms with van der Waals surface area (Å²) in [6.45, 7) is 13.4. The number of ether oxygens (including phenoxy) is 8. The fraction of sp³-hybridized carbons (Fsp3) is 0.844. The van der Waals surface area contributed by atoms with E-state index in [0.717, 1.165) is 4.90 Å². The number of likely N-dealkylation sites (N-methyl/N-ethyl adjacent to an activating group) is 1. The van der Waals surface area contributed by atoms with Crippen molar-refractivity contribution in [1.82, 2.24) is 0 Å². The highest BCUT2D eigenvalue weighted by molar-refractivity contribution is 5.91. The van der Waals surface area contributed by atoms with Crippen LogP contribution in [-0.4, -0.2) is 180 Å². The van der Waals surface area contributed by atoms with Gasteiger partial charge in [0.1, 0.15) is 49.0 Å². The van der Waals surface area contributed by atoms with Crippen molar-refractivity contribution in [2.45, 2.75) is 191 Å². The van der Waals surface area contributed by atoms with Crippen LogP contribution in [0.1, 0.15) is 87.5 Å². The van der Waals surface area contributed by atoms with Crippen LogP contribution in [0.15, 0.2) is 23.8 Å². The van der Waals surface area contributed by atoms with E-state index in [0.29, 0.717) is 18.3 Å². The van der Waals surface area contributed by atoms with Gasteiger partial charge < -0.3 is 78.2 Å². The number of methoxy groups -OCH3 is 1. The third kappa shape index (κ3) is 13.4. The minimum absolute atomic E-state index is 0.0315. The Balaban J connectivity index is 1.62. The molecule has 4 aliphatic heterocycles. The molecule has 0 bridgehead atoms. The van der Waals surface area contributed by atoms with Gasteiger partial charge in [0.15, 0.2) is 30.8 Å². The Bertz CT molecular complexity index is 1540.